The van der Waals surface area contributed by atoms with E-state index in [-0.39, 0.29) is 19.8 Å². The fourth-order valence-electron chi connectivity index (χ4n) is 2.95. The maximum absolute atomic E-state index is 8.65. The molecule has 0 amide bonds. The van der Waals surface area contributed by atoms with E-state index in [9.17, 15) is 0 Å². The van der Waals surface area contributed by atoms with E-state index in [0.29, 0.717) is 26.1 Å². The predicted molar refractivity (Wildman–Crippen MR) is 152 cm³/mol. The molecule has 0 bridgehead atoms. The Morgan fingerprint density at radius 1 is 0.686 bits per heavy atom. The minimum atomic E-state index is 0.0938. The first kappa shape index (κ1) is 29.8. The van der Waals surface area contributed by atoms with Crippen molar-refractivity contribution in [2.75, 3.05) is 26.4 Å². The summed E-state index contributed by atoms with van der Waals surface area (Å²) in [6, 6.07) is 12.5. The van der Waals surface area contributed by atoms with Gasteiger partial charge < -0.3 is 20.1 Å². The van der Waals surface area contributed by atoms with E-state index in [0.717, 1.165) is 30.6 Å². The maximum Gasteiger partial charge on any atom is 0.0717 e. The Bertz CT molecular complexity index is 1180. The SMILES string of the molecule is BrCc1ccc2cncc(Br)c2c1.OCCCO.OCCCOCc1ccc2cncc(Br)c2c1. The second-order valence-corrected chi connectivity index (χ2v) is 9.69. The van der Waals surface area contributed by atoms with E-state index >= 15 is 0 Å². The lowest BCUT2D eigenvalue weighted by Gasteiger charge is -2.06. The molecule has 2 heterocycles. The molecule has 2 aromatic heterocycles. The van der Waals surface area contributed by atoms with Crippen molar-refractivity contribution < 1.29 is 20.1 Å². The van der Waals surface area contributed by atoms with E-state index in [2.05, 4.69) is 82.0 Å². The molecule has 0 atom stereocenters. The number of aliphatic hydroxyl groups is 3. The Labute approximate surface area is 230 Å². The van der Waals surface area contributed by atoms with Crippen LogP contribution in [0.5, 0.6) is 0 Å². The van der Waals surface area contributed by atoms with E-state index in [1.165, 1.54) is 16.3 Å². The van der Waals surface area contributed by atoms with Gasteiger partial charge in [0.25, 0.3) is 0 Å². The van der Waals surface area contributed by atoms with Gasteiger partial charge in [-0.25, -0.2) is 0 Å². The summed E-state index contributed by atoms with van der Waals surface area (Å²) in [5.74, 6) is 0. The molecule has 3 N–H and O–H groups in total. The number of halogens is 3. The van der Waals surface area contributed by atoms with E-state index < -0.39 is 0 Å². The van der Waals surface area contributed by atoms with E-state index in [4.69, 9.17) is 20.1 Å². The number of ether oxygens (including phenoxy) is 1. The molecular formula is C26H29Br3N2O4. The highest BCUT2D eigenvalue weighted by Gasteiger charge is 2.01. The highest BCUT2D eigenvalue weighted by molar-refractivity contribution is 9.11. The molecule has 0 unspecified atom stereocenters. The molecule has 4 aromatic rings. The van der Waals surface area contributed by atoms with Crippen molar-refractivity contribution in [3.05, 3.63) is 81.3 Å². The van der Waals surface area contributed by atoms with Crippen molar-refractivity contribution in [3.63, 3.8) is 0 Å². The molecule has 6 nitrogen and oxygen atoms in total. The van der Waals surface area contributed by atoms with Gasteiger partial charge >= 0.3 is 0 Å². The smallest absolute Gasteiger partial charge is 0.0717 e. The third kappa shape index (κ3) is 10.2. The van der Waals surface area contributed by atoms with Crippen LogP contribution in [-0.2, 0) is 16.7 Å². The van der Waals surface area contributed by atoms with Crippen molar-refractivity contribution in [3.8, 4) is 0 Å². The van der Waals surface area contributed by atoms with Crippen LogP contribution in [0.3, 0.4) is 0 Å². The third-order valence-corrected chi connectivity index (χ3v) is 6.65. The van der Waals surface area contributed by atoms with Crippen LogP contribution in [0.1, 0.15) is 24.0 Å². The fourth-order valence-corrected chi connectivity index (χ4v) is 4.22. The molecule has 0 spiro atoms. The first-order valence-electron chi connectivity index (χ1n) is 11.0. The molecule has 188 valence electrons. The highest BCUT2D eigenvalue weighted by Crippen LogP contribution is 2.25. The third-order valence-electron chi connectivity index (χ3n) is 4.74. The summed E-state index contributed by atoms with van der Waals surface area (Å²) in [5, 5.41) is 30.0. The zero-order chi connectivity index (χ0) is 25.5. The van der Waals surface area contributed by atoms with Gasteiger partial charge in [-0.15, -0.1) is 0 Å². The number of nitrogens with zero attached hydrogens (tertiary/aromatic N) is 2. The van der Waals surface area contributed by atoms with Crippen molar-refractivity contribution in [2.45, 2.75) is 24.8 Å². The molecule has 35 heavy (non-hydrogen) atoms. The van der Waals surface area contributed by atoms with Gasteiger partial charge in [0.15, 0.2) is 0 Å². The number of pyridine rings is 2. The number of benzene rings is 2. The van der Waals surface area contributed by atoms with Gasteiger partial charge in [-0.1, -0.05) is 40.2 Å². The molecule has 0 fully saturated rings. The van der Waals surface area contributed by atoms with Crippen molar-refractivity contribution in [2.24, 2.45) is 0 Å². The lowest BCUT2D eigenvalue weighted by molar-refractivity contribution is 0.104. The van der Waals surface area contributed by atoms with Crippen LogP contribution in [0.4, 0.5) is 0 Å². The number of hydrogen-bond donors (Lipinski definition) is 3. The normalized spacial score (nSPS) is 10.5. The summed E-state index contributed by atoms with van der Waals surface area (Å²) in [4.78, 5) is 8.23. The number of rotatable bonds is 8. The average Bonchev–Trinajstić information content (AvgIpc) is 2.88. The Morgan fingerprint density at radius 3 is 1.69 bits per heavy atom. The number of fused-ring (bicyclic) bond motifs is 2. The molecule has 0 saturated heterocycles. The molecular weight excluding hydrogens is 644 g/mol. The van der Waals surface area contributed by atoms with Crippen molar-refractivity contribution in [1.82, 2.24) is 9.97 Å². The van der Waals surface area contributed by atoms with E-state index in [1.807, 2.05) is 30.7 Å². The minimum absolute atomic E-state index is 0.0938. The Morgan fingerprint density at radius 2 is 1.20 bits per heavy atom. The topological polar surface area (TPSA) is 95.7 Å². The Hall–Kier alpha value is -1.46. The van der Waals surface area contributed by atoms with Crippen LogP contribution in [0.25, 0.3) is 21.5 Å². The fraction of sp³-hybridized carbons (Fsp3) is 0.308. The average molecular weight is 673 g/mol. The standard InChI is InChI=1S/C13H14BrNO2.C10H7Br2N.C3H8O2/c14-13-8-15-7-11-3-2-10(6-12(11)13)9-17-5-1-4-16;11-4-7-1-2-8-5-13-6-10(12)9(8)3-7;4-2-1-3-5/h2-3,6-8,16H,1,4-5,9H2;1-3,5-6H,4H2;4-5H,1-3H2. The van der Waals surface area contributed by atoms with Crippen LogP contribution >= 0.6 is 47.8 Å². The summed E-state index contributed by atoms with van der Waals surface area (Å²) in [6.45, 7) is 1.53. The molecule has 0 aliphatic carbocycles. The van der Waals surface area contributed by atoms with Crippen LogP contribution in [-0.4, -0.2) is 51.7 Å². The zero-order valence-corrected chi connectivity index (χ0v) is 24.0. The summed E-state index contributed by atoms with van der Waals surface area (Å²) < 4.78 is 7.50. The van der Waals surface area contributed by atoms with Gasteiger partial charge in [-0.3, -0.25) is 9.97 Å². The first-order valence-corrected chi connectivity index (χ1v) is 13.7. The van der Waals surface area contributed by atoms with Crippen LogP contribution in [0.2, 0.25) is 0 Å². The van der Waals surface area contributed by atoms with Gasteiger partial charge in [0, 0.05) is 76.3 Å². The number of aliphatic hydroxyl groups excluding tert-OH is 3. The quantitative estimate of drug-likeness (QED) is 0.154. The van der Waals surface area contributed by atoms with Crippen molar-refractivity contribution in [1.29, 1.82) is 0 Å². The molecule has 2 aromatic carbocycles. The lowest BCUT2D eigenvalue weighted by atomic mass is 10.1. The highest BCUT2D eigenvalue weighted by atomic mass is 79.9. The van der Waals surface area contributed by atoms with Crippen LogP contribution in [0, 0.1) is 0 Å². The molecule has 4 rings (SSSR count). The maximum atomic E-state index is 8.65. The van der Waals surface area contributed by atoms with Gasteiger partial charge in [-0.2, -0.15) is 0 Å². The molecule has 0 aliphatic heterocycles. The summed E-state index contributed by atoms with van der Waals surface area (Å²) >= 11 is 10.4. The zero-order valence-electron chi connectivity index (χ0n) is 19.2. The monoisotopic (exact) mass is 670 g/mol. The number of hydrogen-bond acceptors (Lipinski definition) is 6. The molecule has 0 radical (unpaired) electrons. The Kier molecular flexibility index (Phi) is 14.5. The second-order valence-electron chi connectivity index (χ2n) is 7.42. The Balaban J connectivity index is 0.000000212. The summed E-state index contributed by atoms with van der Waals surface area (Å²) in [5.41, 5.74) is 2.40. The van der Waals surface area contributed by atoms with E-state index in [1.54, 1.807) is 6.20 Å². The van der Waals surface area contributed by atoms with Crippen molar-refractivity contribution >= 4 is 69.3 Å². The molecule has 9 heteroatoms. The van der Waals surface area contributed by atoms with Gasteiger partial charge in [-0.05, 0) is 78.7 Å². The summed E-state index contributed by atoms with van der Waals surface area (Å²) in [6.07, 6.45) is 8.51. The predicted octanol–water partition coefficient (Wildman–Crippen LogP) is 6.15. The second kappa shape index (κ2) is 17.1. The minimum Gasteiger partial charge on any atom is -0.396 e. The van der Waals surface area contributed by atoms with Gasteiger partial charge in [0.1, 0.15) is 0 Å². The van der Waals surface area contributed by atoms with Gasteiger partial charge in [0.05, 0.1) is 6.61 Å². The van der Waals surface area contributed by atoms with Crippen LogP contribution < -0.4 is 0 Å². The first-order chi connectivity index (χ1) is 17.0. The lowest BCUT2D eigenvalue weighted by Crippen LogP contribution is -1.97. The number of aromatic nitrogens is 2. The molecule has 0 aliphatic rings. The van der Waals surface area contributed by atoms with Gasteiger partial charge in [0.2, 0.25) is 0 Å². The summed E-state index contributed by atoms with van der Waals surface area (Å²) in [7, 11) is 0. The molecule has 0 saturated carbocycles. The number of alkyl halides is 1. The van der Waals surface area contributed by atoms with Crippen LogP contribution in [0.15, 0.2) is 70.1 Å². The largest absolute Gasteiger partial charge is 0.396 e.